The van der Waals surface area contributed by atoms with Crippen molar-refractivity contribution in [1.29, 1.82) is 0 Å². The molecule has 136 valence electrons. The quantitative estimate of drug-likeness (QED) is 0.502. The van der Waals surface area contributed by atoms with Gasteiger partial charge in [-0.05, 0) is 36.8 Å². The van der Waals surface area contributed by atoms with Gasteiger partial charge in [-0.15, -0.1) is 0 Å². The number of thioether (sulfide) groups is 1. The number of aryl methyl sites for hydroxylation is 1. The summed E-state index contributed by atoms with van der Waals surface area (Å²) in [6.45, 7) is 2.46. The minimum absolute atomic E-state index is 0.235. The lowest BCUT2D eigenvalue weighted by molar-refractivity contribution is -0.305. The fourth-order valence-corrected chi connectivity index (χ4v) is 4.67. The average Bonchev–Trinajstić information content (AvgIpc) is 3.10. The summed E-state index contributed by atoms with van der Waals surface area (Å²) in [4.78, 5) is 24.7. The van der Waals surface area contributed by atoms with Crippen LogP contribution in [0, 0.1) is 0 Å². The molecule has 0 aliphatic carbocycles. The van der Waals surface area contributed by atoms with Gasteiger partial charge >= 0.3 is 0 Å². The molecule has 27 heavy (non-hydrogen) atoms. The number of nitrogens with zero attached hydrogens (tertiary/aromatic N) is 2. The monoisotopic (exact) mass is 395 g/mol. The molecule has 3 aromatic rings. The van der Waals surface area contributed by atoms with Crippen molar-refractivity contribution in [2.45, 2.75) is 13.5 Å². The van der Waals surface area contributed by atoms with Gasteiger partial charge < -0.3 is 14.5 Å². The first kappa shape index (κ1) is 17.8. The molecule has 5 nitrogen and oxygen atoms in total. The second-order valence-electron chi connectivity index (χ2n) is 6.18. The maximum absolute atomic E-state index is 12.4. The van der Waals surface area contributed by atoms with Crippen LogP contribution in [0.15, 0.2) is 47.4 Å². The molecule has 0 N–H and O–H groups in total. The lowest BCUT2D eigenvalue weighted by Crippen LogP contribution is -2.40. The van der Waals surface area contributed by atoms with E-state index in [-0.39, 0.29) is 4.32 Å². The van der Waals surface area contributed by atoms with Gasteiger partial charge in [0.1, 0.15) is 4.32 Å². The van der Waals surface area contributed by atoms with Crippen molar-refractivity contribution in [3.63, 3.8) is 0 Å². The van der Waals surface area contributed by atoms with E-state index in [1.165, 1.54) is 5.52 Å². The van der Waals surface area contributed by atoms with E-state index in [1.54, 1.807) is 6.08 Å². The van der Waals surface area contributed by atoms with E-state index in [0.717, 1.165) is 45.1 Å². The molecule has 2 heterocycles. The number of carbonyl (C=O) groups is 2. The number of thiocarbonyl (C=S) groups is 1. The summed E-state index contributed by atoms with van der Waals surface area (Å²) in [6, 6.07) is 14.3. The number of rotatable bonds is 4. The summed E-state index contributed by atoms with van der Waals surface area (Å²) in [7, 11) is 0. The molecule has 0 spiro atoms. The number of benzene rings is 2. The zero-order chi connectivity index (χ0) is 19.1. The Morgan fingerprint density at radius 1 is 1.19 bits per heavy atom. The molecule has 0 bridgehead atoms. The number of carbonyl (C=O) groups excluding carboxylic acids is 2. The summed E-state index contributed by atoms with van der Waals surface area (Å²) in [6.07, 6.45) is 1.76. The number of aliphatic carboxylic acids is 1. The van der Waals surface area contributed by atoms with E-state index in [4.69, 9.17) is 12.2 Å². The van der Waals surface area contributed by atoms with Crippen LogP contribution in [0.4, 0.5) is 0 Å². The summed E-state index contributed by atoms with van der Waals surface area (Å²) in [5.41, 5.74) is 3.18. The molecule has 0 radical (unpaired) electrons. The Morgan fingerprint density at radius 2 is 1.93 bits per heavy atom. The molecule has 1 aliphatic rings. The fraction of sp³-hybridized carbons (Fsp3) is 0.150. The number of carboxylic acid groups (broad SMARTS) is 1. The maximum Gasteiger partial charge on any atom is 0.266 e. The SMILES string of the molecule is CCn1c2ccccc2c2cc(/C=C3/SC(=S)N(CC(=O)[O-])C3=O)ccc21. The minimum atomic E-state index is -1.33. The van der Waals surface area contributed by atoms with Crippen molar-refractivity contribution in [2.24, 2.45) is 0 Å². The summed E-state index contributed by atoms with van der Waals surface area (Å²) in [5.74, 6) is -1.73. The number of fused-ring (bicyclic) bond motifs is 3. The Kier molecular flexibility index (Phi) is 4.49. The van der Waals surface area contributed by atoms with Crippen LogP contribution in [0.2, 0.25) is 0 Å². The molecule has 4 rings (SSSR count). The average molecular weight is 395 g/mol. The van der Waals surface area contributed by atoms with Gasteiger partial charge in [0.05, 0.1) is 17.4 Å². The minimum Gasteiger partial charge on any atom is -0.548 e. The molecular formula is C20H15N2O3S2-. The van der Waals surface area contributed by atoms with Gasteiger partial charge in [0.2, 0.25) is 0 Å². The molecule has 1 aliphatic heterocycles. The third-order valence-corrected chi connectivity index (χ3v) is 5.95. The predicted octanol–water partition coefficient (Wildman–Crippen LogP) is 2.77. The number of hydrogen-bond acceptors (Lipinski definition) is 5. The van der Waals surface area contributed by atoms with Gasteiger partial charge in [0, 0.05) is 28.4 Å². The largest absolute Gasteiger partial charge is 0.548 e. The van der Waals surface area contributed by atoms with Gasteiger partial charge in [-0.25, -0.2) is 0 Å². The molecule has 2 aromatic carbocycles. The van der Waals surface area contributed by atoms with Crippen molar-refractivity contribution in [1.82, 2.24) is 9.47 Å². The van der Waals surface area contributed by atoms with Crippen LogP contribution >= 0.6 is 24.0 Å². The fourth-order valence-electron chi connectivity index (χ4n) is 3.42. The number of hydrogen-bond donors (Lipinski definition) is 0. The zero-order valence-corrected chi connectivity index (χ0v) is 16.1. The van der Waals surface area contributed by atoms with E-state index in [0.29, 0.717) is 4.91 Å². The van der Waals surface area contributed by atoms with E-state index >= 15 is 0 Å². The van der Waals surface area contributed by atoms with Gasteiger partial charge in [-0.1, -0.05) is 48.2 Å². The van der Waals surface area contributed by atoms with Gasteiger partial charge in [0.15, 0.2) is 0 Å². The second kappa shape index (κ2) is 6.83. The standard InChI is InChI=1S/C20H16N2O3S2/c1-2-21-15-6-4-3-5-13(15)14-9-12(7-8-16(14)21)10-17-19(25)22(11-18(23)24)20(26)27-17/h3-10H,2,11H2,1H3,(H,23,24)/p-1/b17-10+. The Hall–Kier alpha value is -2.64. The number of carboxylic acids is 1. The Morgan fingerprint density at radius 3 is 2.67 bits per heavy atom. The smallest absolute Gasteiger partial charge is 0.266 e. The van der Waals surface area contributed by atoms with Crippen molar-refractivity contribution < 1.29 is 14.7 Å². The summed E-state index contributed by atoms with van der Waals surface area (Å²) >= 11 is 6.23. The van der Waals surface area contributed by atoms with Crippen LogP contribution in [0.1, 0.15) is 12.5 Å². The Bertz CT molecular complexity index is 1150. The van der Waals surface area contributed by atoms with E-state index in [9.17, 15) is 14.7 Å². The lowest BCUT2D eigenvalue weighted by Gasteiger charge is -2.14. The van der Waals surface area contributed by atoms with Crippen LogP contribution in [0.25, 0.3) is 27.9 Å². The van der Waals surface area contributed by atoms with Gasteiger partial charge in [0.25, 0.3) is 5.91 Å². The number of para-hydroxylation sites is 1. The van der Waals surface area contributed by atoms with Crippen molar-refractivity contribution >= 4 is 68.1 Å². The molecule has 1 amide bonds. The predicted molar refractivity (Wildman–Crippen MR) is 110 cm³/mol. The molecule has 1 aromatic heterocycles. The Balaban J connectivity index is 1.78. The van der Waals surface area contributed by atoms with Crippen LogP contribution in [-0.2, 0) is 16.1 Å². The molecule has 0 unspecified atom stereocenters. The highest BCUT2D eigenvalue weighted by atomic mass is 32.2. The molecule has 0 saturated carbocycles. The van der Waals surface area contributed by atoms with E-state index in [1.807, 2.05) is 24.3 Å². The third-order valence-electron chi connectivity index (χ3n) is 4.57. The highest BCUT2D eigenvalue weighted by molar-refractivity contribution is 8.26. The maximum atomic E-state index is 12.4. The number of amides is 1. The van der Waals surface area contributed by atoms with Crippen molar-refractivity contribution in [2.75, 3.05) is 6.54 Å². The third kappa shape index (κ3) is 3.02. The molecule has 7 heteroatoms. The van der Waals surface area contributed by atoms with E-state index < -0.39 is 18.4 Å². The topological polar surface area (TPSA) is 65.4 Å². The molecule has 0 atom stereocenters. The van der Waals surface area contributed by atoms with Crippen molar-refractivity contribution in [3.8, 4) is 0 Å². The van der Waals surface area contributed by atoms with Crippen LogP contribution < -0.4 is 5.11 Å². The van der Waals surface area contributed by atoms with Crippen LogP contribution in [0.5, 0.6) is 0 Å². The zero-order valence-electron chi connectivity index (χ0n) is 14.5. The first-order chi connectivity index (χ1) is 13.0. The van der Waals surface area contributed by atoms with Crippen molar-refractivity contribution in [3.05, 3.63) is 52.9 Å². The van der Waals surface area contributed by atoms with Gasteiger partial charge in [-0.3, -0.25) is 9.69 Å². The van der Waals surface area contributed by atoms with E-state index in [2.05, 4.69) is 29.7 Å². The van der Waals surface area contributed by atoms with Crippen LogP contribution in [0.3, 0.4) is 0 Å². The first-order valence-corrected chi connectivity index (χ1v) is 9.68. The summed E-state index contributed by atoms with van der Waals surface area (Å²) in [5, 5.41) is 13.1. The normalized spacial score (nSPS) is 16.2. The number of aromatic nitrogens is 1. The van der Waals surface area contributed by atoms with Gasteiger partial charge in [-0.2, -0.15) is 0 Å². The van der Waals surface area contributed by atoms with Crippen LogP contribution in [-0.4, -0.2) is 32.2 Å². The molecule has 1 fully saturated rings. The second-order valence-corrected chi connectivity index (χ2v) is 7.85. The first-order valence-electron chi connectivity index (χ1n) is 8.46. The Labute approximate surface area is 165 Å². The summed E-state index contributed by atoms with van der Waals surface area (Å²) < 4.78 is 2.49. The molecular weight excluding hydrogens is 380 g/mol. The highest BCUT2D eigenvalue weighted by Crippen LogP contribution is 2.34. The lowest BCUT2D eigenvalue weighted by atomic mass is 10.1. The highest BCUT2D eigenvalue weighted by Gasteiger charge is 2.31. The molecule has 1 saturated heterocycles.